The van der Waals surface area contributed by atoms with E-state index in [2.05, 4.69) is 10.6 Å². The molecule has 1 atom stereocenters. The Balaban J connectivity index is 1.66. The Morgan fingerprint density at radius 3 is 2.33 bits per heavy atom. The summed E-state index contributed by atoms with van der Waals surface area (Å²) < 4.78 is 0. The molecule has 2 amide bonds. The second-order valence-electron chi connectivity index (χ2n) is 6.48. The fraction of sp³-hybridized carbons (Fsp3) is 0.263. The van der Waals surface area contributed by atoms with Gasteiger partial charge < -0.3 is 15.7 Å². The number of aliphatic hydroxyl groups is 1. The number of carbonyl (C=O) groups excluding carboxylic acids is 2. The van der Waals surface area contributed by atoms with Crippen LogP contribution in [-0.2, 0) is 15.2 Å². The number of hydrogen-bond donors (Lipinski definition) is 3. The van der Waals surface area contributed by atoms with Crippen LogP contribution in [0.4, 0.5) is 11.4 Å². The van der Waals surface area contributed by atoms with Gasteiger partial charge in [0.1, 0.15) is 11.3 Å². The van der Waals surface area contributed by atoms with Crippen LogP contribution in [-0.4, -0.2) is 28.4 Å². The van der Waals surface area contributed by atoms with Gasteiger partial charge >= 0.3 is 11.8 Å². The van der Waals surface area contributed by atoms with Crippen LogP contribution in [0.1, 0.15) is 18.4 Å². The van der Waals surface area contributed by atoms with Gasteiger partial charge in [-0.2, -0.15) is 0 Å². The van der Waals surface area contributed by atoms with Crippen LogP contribution in [0.5, 0.6) is 0 Å². The van der Waals surface area contributed by atoms with Crippen LogP contribution in [0.3, 0.4) is 0 Å². The first-order valence-electron chi connectivity index (χ1n) is 8.52. The van der Waals surface area contributed by atoms with E-state index in [1.54, 1.807) is 24.3 Å². The van der Waals surface area contributed by atoms with Gasteiger partial charge in [0.15, 0.2) is 0 Å². The van der Waals surface area contributed by atoms with Crippen LogP contribution < -0.4 is 10.6 Å². The number of hydrogen-bond acceptors (Lipinski definition) is 5. The quantitative estimate of drug-likeness (QED) is 0.408. The average Bonchev–Trinajstić information content (AvgIpc) is 3.52. The predicted molar refractivity (Wildman–Crippen MR) is 97.8 cm³/mol. The summed E-state index contributed by atoms with van der Waals surface area (Å²) in [5.74, 6) is -1.99. The number of nitro groups is 1. The molecule has 1 fully saturated rings. The fourth-order valence-electron chi connectivity index (χ4n) is 2.98. The van der Waals surface area contributed by atoms with Gasteiger partial charge in [-0.05, 0) is 30.4 Å². The second kappa shape index (κ2) is 7.55. The SMILES string of the molecule is O=C(NCC(O)(c1ccccc1)C1CC1)C(=O)Nc1ccccc1[N+](=O)[O-]. The zero-order chi connectivity index (χ0) is 19.4. The summed E-state index contributed by atoms with van der Waals surface area (Å²) in [6, 6.07) is 14.5. The third-order valence-corrected chi connectivity index (χ3v) is 4.60. The van der Waals surface area contributed by atoms with Crippen molar-refractivity contribution in [2.45, 2.75) is 18.4 Å². The van der Waals surface area contributed by atoms with Crippen molar-refractivity contribution < 1.29 is 19.6 Å². The molecule has 1 aliphatic rings. The Hall–Kier alpha value is -3.26. The number of benzene rings is 2. The maximum atomic E-state index is 12.1. The lowest BCUT2D eigenvalue weighted by atomic mass is 9.88. The van der Waals surface area contributed by atoms with E-state index in [1.807, 2.05) is 6.07 Å². The van der Waals surface area contributed by atoms with Gasteiger partial charge in [-0.25, -0.2) is 0 Å². The average molecular weight is 369 g/mol. The third kappa shape index (κ3) is 4.12. The molecule has 0 radical (unpaired) electrons. The van der Waals surface area contributed by atoms with Gasteiger partial charge in [-0.1, -0.05) is 42.5 Å². The lowest BCUT2D eigenvalue weighted by Gasteiger charge is -2.29. The van der Waals surface area contributed by atoms with E-state index in [0.717, 1.165) is 12.8 Å². The molecule has 0 spiro atoms. The van der Waals surface area contributed by atoms with Crippen LogP contribution in [0, 0.1) is 16.0 Å². The highest BCUT2D eigenvalue weighted by Crippen LogP contribution is 2.45. The number of nitrogens with one attached hydrogen (secondary N) is 2. The van der Waals surface area contributed by atoms with Gasteiger partial charge in [0, 0.05) is 6.07 Å². The van der Waals surface area contributed by atoms with E-state index in [1.165, 1.54) is 24.3 Å². The molecule has 8 heteroatoms. The molecule has 1 aliphatic carbocycles. The van der Waals surface area contributed by atoms with Gasteiger partial charge in [0.2, 0.25) is 0 Å². The minimum Gasteiger partial charge on any atom is -0.383 e. The van der Waals surface area contributed by atoms with Crippen LogP contribution in [0.2, 0.25) is 0 Å². The standard InChI is InChI=1S/C19H19N3O5/c23-17(18(24)21-15-8-4-5-9-16(15)22(26)27)20-12-19(25,14-10-11-14)13-6-2-1-3-7-13/h1-9,14,25H,10-12H2,(H,20,23)(H,21,24). The number of nitro benzene ring substituents is 1. The van der Waals surface area contributed by atoms with E-state index in [-0.39, 0.29) is 23.8 Å². The third-order valence-electron chi connectivity index (χ3n) is 4.60. The first-order valence-corrected chi connectivity index (χ1v) is 8.52. The van der Waals surface area contributed by atoms with Crippen molar-refractivity contribution in [3.05, 3.63) is 70.3 Å². The normalized spacial score (nSPS) is 15.4. The maximum Gasteiger partial charge on any atom is 0.313 e. The summed E-state index contributed by atoms with van der Waals surface area (Å²) in [6.45, 7) is -0.120. The number of rotatable bonds is 6. The van der Waals surface area contributed by atoms with Crippen molar-refractivity contribution in [2.75, 3.05) is 11.9 Å². The summed E-state index contributed by atoms with van der Waals surface area (Å²) >= 11 is 0. The molecule has 0 aromatic heterocycles. The molecule has 1 saturated carbocycles. The molecule has 0 saturated heterocycles. The van der Waals surface area contributed by atoms with Gasteiger partial charge in [-0.3, -0.25) is 19.7 Å². The van der Waals surface area contributed by atoms with Crippen molar-refractivity contribution in [3.63, 3.8) is 0 Å². The van der Waals surface area contributed by atoms with Crippen LogP contribution in [0.25, 0.3) is 0 Å². The molecule has 8 nitrogen and oxygen atoms in total. The van der Waals surface area contributed by atoms with Crippen molar-refractivity contribution in [1.82, 2.24) is 5.32 Å². The van der Waals surface area contributed by atoms with Crippen molar-refractivity contribution in [2.24, 2.45) is 5.92 Å². The minimum absolute atomic E-state index is 0.0125. The molecule has 0 bridgehead atoms. The number of amides is 2. The summed E-state index contributed by atoms with van der Waals surface area (Å²) in [5, 5.41) is 26.7. The molecule has 0 aliphatic heterocycles. The monoisotopic (exact) mass is 369 g/mol. The summed E-state index contributed by atoms with van der Waals surface area (Å²) in [6.07, 6.45) is 1.67. The molecule has 27 heavy (non-hydrogen) atoms. The number of nitrogens with zero attached hydrogens (tertiary/aromatic N) is 1. The largest absolute Gasteiger partial charge is 0.383 e. The lowest BCUT2D eigenvalue weighted by molar-refractivity contribution is -0.383. The van der Waals surface area contributed by atoms with E-state index in [9.17, 15) is 24.8 Å². The zero-order valence-electron chi connectivity index (χ0n) is 14.4. The molecule has 2 aromatic rings. The zero-order valence-corrected chi connectivity index (χ0v) is 14.4. The highest BCUT2D eigenvalue weighted by Gasteiger charge is 2.45. The molecule has 2 aromatic carbocycles. The molecule has 3 N–H and O–H groups in total. The Bertz CT molecular complexity index is 867. The molecule has 140 valence electrons. The topological polar surface area (TPSA) is 122 Å². The Morgan fingerprint density at radius 2 is 1.70 bits per heavy atom. The Labute approximate surface area is 155 Å². The first-order chi connectivity index (χ1) is 12.9. The summed E-state index contributed by atoms with van der Waals surface area (Å²) in [5.41, 5.74) is -0.955. The van der Waals surface area contributed by atoms with Gasteiger partial charge in [0.25, 0.3) is 5.69 Å². The van der Waals surface area contributed by atoms with Gasteiger partial charge in [0.05, 0.1) is 11.5 Å². The fourth-order valence-corrected chi connectivity index (χ4v) is 2.98. The number of para-hydroxylation sites is 2. The van der Waals surface area contributed by atoms with Crippen molar-refractivity contribution in [1.29, 1.82) is 0 Å². The highest BCUT2D eigenvalue weighted by molar-refractivity contribution is 6.39. The smallest absolute Gasteiger partial charge is 0.313 e. The molecule has 1 unspecified atom stereocenters. The van der Waals surface area contributed by atoms with Gasteiger partial charge in [-0.15, -0.1) is 0 Å². The van der Waals surface area contributed by atoms with E-state index in [4.69, 9.17) is 0 Å². The molecular formula is C19H19N3O5. The van der Waals surface area contributed by atoms with E-state index < -0.39 is 22.3 Å². The van der Waals surface area contributed by atoms with Crippen LogP contribution >= 0.6 is 0 Å². The van der Waals surface area contributed by atoms with Crippen LogP contribution in [0.15, 0.2) is 54.6 Å². The number of anilines is 1. The Kier molecular flexibility index (Phi) is 5.18. The predicted octanol–water partition coefficient (Wildman–Crippen LogP) is 1.95. The molecular weight excluding hydrogens is 350 g/mol. The Morgan fingerprint density at radius 1 is 1.07 bits per heavy atom. The highest BCUT2D eigenvalue weighted by atomic mass is 16.6. The minimum atomic E-state index is -1.25. The molecule has 0 heterocycles. The molecule has 3 rings (SSSR count). The van der Waals surface area contributed by atoms with E-state index >= 15 is 0 Å². The van der Waals surface area contributed by atoms with Crippen molar-refractivity contribution >= 4 is 23.2 Å². The van der Waals surface area contributed by atoms with E-state index in [0.29, 0.717) is 5.56 Å². The summed E-state index contributed by atoms with van der Waals surface area (Å²) in [4.78, 5) is 34.6. The van der Waals surface area contributed by atoms with Crippen molar-refractivity contribution in [3.8, 4) is 0 Å². The first kappa shape index (κ1) is 18.5. The number of carbonyl (C=O) groups is 2. The lowest BCUT2D eigenvalue weighted by Crippen LogP contribution is -2.45. The second-order valence-corrected chi connectivity index (χ2v) is 6.48. The maximum absolute atomic E-state index is 12.1. The summed E-state index contributed by atoms with van der Waals surface area (Å²) in [7, 11) is 0.